The predicted octanol–water partition coefficient (Wildman–Crippen LogP) is 2.84. The second-order valence-corrected chi connectivity index (χ2v) is 3.48. The fourth-order valence-corrected chi connectivity index (χ4v) is 1.44. The first-order valence-corrected chi connectivity index (χ1v) is 4.63. The molecule has 0 saturated heterocycles. The Balaban J connectivity index is 2.62. The Hall–Kier alpha value is -1.90. The van der Waals surface area contributed by atoms with E-state index in [4.69, 9.17) is 4.42 Å². The maximum atomic E-state index is 11.1. The van der Waals surface area contributed by atoms with Crippen LogP contribution in [0.4, 0.5) is 0 Å². The summed E-state index contributed by atoms with van der Waals surface area (Å²) in [6.07, 6.45) is 0. The first-order valence-electron chi connectivity index (χ1n) is 4.63. The van der Waals surface area contributed by atoms with Crippen molar-refractivity contribution >= 4 is 22.5 Å². The van der Waals surface area contributed by atoms with E-state index in [1.54, 1.807) is 24.3 Å². The number of carbonyl (C=O) groups is 2. The molecule has 15 heavy (non-hydrogen) atoms. The van der Waals surface area contributed by atoms with E-state index in [-0.39, 0.29) is 11.6 Å². The topological polar surface area (TPSA) is 47.3 Å². The molecule has 0 aliphatic rings. The van der Waals surface area contributed by atoms with Crippen LogP contribution in [0.3, 0.4) is 0 Å². The molecule has 3 heteroatoms. The Kier molecular flexibility index (Phi) is 2.15. The molecule has 0 amide bonds. The summed E-state index contributed by atoms with van der Waals surface area (Å²) in [5, 5.41) is 0.785. The monoisotopic (exact) mass is 202 g/mol. The highest BCUT2D eigenvalue weighted by Crippen LogP contribution is 2.21. The van der Waals surface area contributed by atoms with Gasteiger partial charge in [-0.1, -0.05) is 0 Å². The third-order valence-corrected chi connectivity index (χ3v) is 2.27. The third kappa shape index (κ3) is 1.68. The smallest absolute Gasteiger partial charge is 0.194 e. The second-order valence-electron chi connectivity index (χ2n) is 3.48. The normalized spacial score (nSPS) is 10.5. The first-order chi connectivity index (χ1) is 7.08. The molecule has 0 radical (unpaired) electrons. The molecule has 0 N–H and O–H groups in total. The molecule has 0 unspecified atom stereocenters. The summed E-state index contributed by atoms with van der Waals surface area (Å²) in [4.78, 5) is 22.2. The van der Waals surface area contributed by atoms with Crippen LogP contribution in [0.25, 0.3) is 11.0 Å². The van der Waals surface area contributed by atoms with Gasteiger partial charge in [-0.25, -0.2) is 0 Å². The molecule has 2 aromatic rings. The molecule has 0 aliphatic carbocycles. The van der Waals surface area contributed by atoms with Gasteiger partial charge in [-0.3, -0.25) is 9.59 Å². The molecule has 3 nitrogen and oxygen atoms in total. The van der Waals surface area contributed by atoms with Gasteiger partial charge in [0.05, 0.1) is 0 Å². The summed E-state index contributed by atoms with van der Waals surface area (Å²) in [7, 11) is 0. The van der Waals surface area contributed by atoms with E-state index in [2.05, 4.69) is 0 Å². The lowest BCUT2D eigenvalue weighted by Gasteiger charge is -1.93. The van der Waals surface area contributed by atoms with Crippen LogP contribution in [0.15, 0.2) is 28.7 Å². The van der Waals surface area contributed by atoms with Crippen LogP contribution in [-0.4, -0.2) is 11.6 Å². The second kappa shape index (κ2) is 3.35. The summed E-state index contributed by atoms with van der Waals surface area (Å²) >= 11 is 0. The van der Waals surface area contributed by atoms with Crippen molar-refractivity contribution in [1.82, 2.24) is 0 Å². The molecular weight excluding hydrogens is 192 g/mol. The number of Topliss-reactive ketones (excluding diaryl/α,β-unsaturated/α-hetero) is 2. The van der Waals surface area contributed by atoms with Gasteiger partial charge in [0.15, 0.2) is 17.3 Å². The van der Waals surface area contributed by atoms with Crippen LogP contribution < -0.4 is 0 Å². The Morgan fingerprint density at radius 3 is 2.40 bits per heavy atom. The largest absolute Gasteiger partial charge is 0.453 e. The number of ketones is 2. The highest BCUT2D eigenvalue weighted by Gasteiger charge is 2.09. The zero-order valence-electron chi connectivity index (χ0n) is 8.53. The SMILES string of the molecule is CC(=O)c1ccc2oc(C(C)=O)cc2c1. The fraction of sp³-hybridized carbons (Fsp3) is 0.167. The molecule has 0 atom stereocenters. The number of benzene rings is 1. The van der Waals surface area contributed by atoms with Gasteiger partial charge >= 0.3 is 0 Å². The summed E-state index contributed by atoms with van der Waals surface area (Å²) in [5.74, 6) is 0.212. The van der Waals surface area contributed by atoms with Gasteiger partial charge in [-0.15, -0.1) is 0 Å². The lowest BCUT2D eigenvalue weighted by molar-refractivity contribution is 0.0986. The zero-order valence-corrected chi connectivity index (χ0v) is 8.53. The Morgan fingerprint density at radius 2 is 1.80 bits per heavy atom. The van der Waals surface area contributed by atoms with E-state index >= 15 is 0 Å². The van der Waals surface area contributed by atoms with Crippen LogP contribution >= 0.6 is 0 Å². The maximum Gasteiger partial charge on any atom is 0.194 e. The van der Waals surface area contributed by atoms with Gasteiger partial charge in [0.2, 0.25) is 0 Å². The molecule has 76 valence electrons. The van der Waals surface area contributed by atoms with E-state index in [0.29, 0.717) is 16.9 Å². The van der Waals surface area contributed by atoms with Crippen molar-refractivity contribution in [2.75, 3.05) is 0 Å². The zero-order chi connectivity index (χ0) is 11.0. The predicted molar refractivity (Wildman–Crippen MR) is 56.2 cm³/mol. The number of hydrogen-bond acceptors (Lipinski definition) is 3. The quantitative estimate of drug-likeness (QED) is 0.703. The summed E-state index contributed by atoms with van der Waals surface area (Å²) in [6, 6.07) is 6.79. The average molecular weight is 202 g/mol. The Bertz CT molecular complexity index is 537. The van der Waals surface area contributed by atoms with E-state index in [9.17, 15) is 9.59 Å². The minimum atomic E-state index is -0.115. The highest BCUT2D eigenvalue weighted by molar-refractivity contribution is 6.00. The van der Waals surface area contributed by atoms with Crippen LogP contribution in [0.5, 0.6) is 0 Å². The molecule has 0 spiro atoms. The van der Waals surface area contributed by atoms with Crippen molar-refractivity contribution in [3.8, 4) is 0 Å². The third-order valence-electron chi connectivity index (χ3n) is 2.27. The maximum absolute atomic E-state index is 11.1. The average Bonchev–Trinajstić information content (AvgIpc) is 2.59. The summed E-state index contributed by atoms with van der Waals surface area (Å²) < 4.78 is 5.30. The first kappa shape index (κ1) is 9.65. The van der Waals surface area contributed by atoms with Crippen molar-refractivity contribution in [3.63, 3.8) is 0 Å². The van der Waals surface area contributed by atoms with Crippen LogP contribution in [0.1, 0.15) is 34.8 Å². The van der Waals surface area contributed by atoms with E-state index in [0.717, 1.165) is 5.39 Å². The Morgan fingerprint density at radius 1 is 1.07 bits per heavy atom. The molecule has 0 bridgehead atoms. The number of hydrogen-bond donors (Lipinski definition) is 0. The van der Waals surface area contributed by atoms with Gasteiger partial charge in [0.25, 0.3) is 0 Å². The highest BCUT2D eigenvalue weighted by atomic mass is 16.3. The minimum Gasteiger partial charge on any atom is -0.453 e. The van der Waals surface area contributed by atoms with Gasteiger partial charge in [0.1, 0.15) is 5.58 Å². The summed E-state index contributed by atoms with van der Waals surface area (Å²) in [5.41, 5.74) is 1.25. The number of fused-ring (bicyclic) bond motifs is 1. The van der Waals surface area contributed by atoms with Gasteiger partial charge in [-0.2, -0.15) is 0 Å². The fourth-order valence-electron chi connectivity index (χ4n) is 1.44. The molecule has 0 saturated carbocycles. The van der Waals surface area contributed by atoms with E-state index in [1.807, 2.05) is 0 Å². The molecule has 1 aromatic carbocycles. The van der Waals surface area contributed by atoms with Crippen molar-refractivity contribution in [1.29, 1.82) is 0 Å². The van der Waals surface area contributed by atoms with Crippen molar-refractivity contribution < 1.29 is 14.0 Å². The lowest BCUT2D eigenvalue weighted by Crippen LogP contribution is -1.89. The molecule has 0 aliphatic heterocycles. The van der Waals surface area contributed by atoms with Crippen molar-refractivity contribution in [3.05, 3.63) is 35.6 Å². The van der Waals surface area contributed by atoms with Crippen molar-refractivity contribution in [2.24, 2.45) is 0 Å². The van der Waals surface area contributed by atoms with Gasteiger partial charge in [0, 0.05) is 17.9 Å². The summed E-state index contributed by atoms with van der Waals surface area (Å²) in [6.45, 7) is 2.96. The molecule has 1 aromatic heterocycles. The molecule has 1 heterocycles. The number of rotatable bonds is 2. The lowest BCUT2D eigenvalue weighted by atomic mass is 10.1. The Labute approximate surface area is 86.7 Å². The molecular formula is C12H10O3. The van der Waals surface area contributed by atoms with Crippen LogP contribution in [0.2, 0.25) is 0 Å². The number of furan rings is 1. The standard InChI is InChI=1S/C12H10O3/c1-7(13)9-3-4-11-10(5-9)6-12(15-11)8(2)14/h3-6H,1-2H3. The van der Waals surface area contributed by atoms with Crippen LogP contribution in [0, 0.1) is 0 Å². The van der Waals surface area contributed by atoms with Crippen molar-refractivity contribution in [2.45, 2.75) is 13.8 Å². The van der Waals surface area contributed by atoms with Crippen LogP contribution in [-0.2, 0) is 0 Å². The molecule has 2 rings (SSSR count). The number of carbonyl (C=O) groups excluding carboxylic acids is 2. The van der Waals surface area contributed by atoms with E-state index in [1.165, 1.54) is 13.8 Å². The van der Waals surface area contributed by atoms with Gasteiger partial charge < -0.3 is 4.42 Å². The van der Waals surface area contributed by atoms with Gasteiger partial charge in [-0.05, 0) is 31.2 Å². The minimum absolute atomic E-state index is 0.00229. The molecule has 0 fully saturated rings. The van der Waals surface area contributed by atoms with E-state index < -0.39 is 0 Å².